The van der Waals surface area contributed by atoms with Crippen molar-refractivity contribution in [3.8, 4) is 5.75 Å². The summed E-state index contributed by atoms with van der Waals surface area (Å²) in [5.41, 5.74) is 0.547. The summed E-state index contributed by atoms with van der Waals surface area (Å²) in [5, 5.41) is 20.6. The number of carbonyl (C=O) groups is 1. The van der Waals surface area contributed by atoms with Gasteiger partial charge >= 0.3 is 5.97 Å². The minimum absolute atomic E-state index is 0.156. The summed E-state index contributed by atoms with van der Waals surface area (Å²) < 4.78 is 13.0. The second-order valence-electron chi connectivity index (χ2n) is 3.51. The Morgan fingerprint density at radius 1 is 1.50 bits per heavy atom. The molecule has 1 saturated heterocycles. The molecule has 0 radical (unpaired) electrons. The zero-order valence-corrected chi connectivity index (χ0v) is 9.00. The number of halogens is 1. The highest BCUT2D eigenvalue weighted by Crippen LogP contribution is 2.34. The first-order valence-electron chi connectivity index (χ1n) is 4.66. The van der Waals surface area contributed by atoms with E-state index in [4.69, 9.17) is 5.11 Å². The van der Waals surface area contributed by atoms with E-state index in [9.17, 15) is 14.3 Å². The molecule has 0 bridgehead atoms. The van der Waals surface area contributed by atoms with Gasteiger partial charge in [-0.1, -0.05) is 0 Å². The van der Waals surface area contributed by atoms with E-state index in [1.165, 1.54) is 23.9 Å². The van der Waals surface area contributed by atoms with Crippen molar-refractivity contribution in [3.63, 3.8) is 0 Å². The fraction of sp³-hybridized carbons (Fsp3) is 0.300. The van der Waals surface area contributed by atoms with Crippen LogP contribution < -0.4 is 5.32 Å². The summed E-state index contributed by atoms with van der Waals surface area (Å²) >= 11 is 1.38. The second-order valence-corrected chi connectivity index (χ2v) is 4.65. The lowest BCUT2D eigenvalue weighted by Crippen LogP contribution is -2.33. The van der Waals surface area contributed by atoms with Crippen LogP contribution in [0.4, 0.5) is 4.39 Å². The van der Waals surface area contributed by atoms with Gasteiger partial charge in [0.1, 0.15) is 17.6 Å². The Morgan fingerprint density at radius 3 is 2.81 bits per heavy atom. The largest absolute Gasteiger partial charge is 0.508 e. The fourth-order valence-electron chi connectivity index (χ4n) is 1.55. The first-order valence-corrected chi connectivity index (χ1v) is 5.71. The number of aliphatic carboxylic acids is 1. The van der Waals surface area contributed by atoms with Crippen molar-refractivity contribution in [2.45, 2.75) is 11.4 Å². The van der Waals surface area contributed by atoms with Crippen LogP contribution in [0.5, 0.6) is 5.75 Å². The Morgan fingerprint density at radius 2 is 2.25 bits per heavy atom. The van der Waals surface area contributed by atoms with E-state index in [2.05, 4.69) is 5.32 Å². The van der Waals surface area contributed by atoms with Gasteiger partial charge in [0.15, 0.2) is 0 Å². The molecular formula is C10H10FNO3S. The normalized spacial score (nSPS) is 24.6. The molecule has 4 nitrogen and oxygen atoms in total. The van der Waals surface area contributed by atoms with E-state index < -0.39 is 17.8 Å². The Kier molecular flexibility index (Phi) is 3.02. The highest BCUT2D eigenvalue weighted by Gasteiger charge is 2.30. The average Bonchev–Trinajstić information content (AvgIpc) is 2.64. The first kappa shape index (κ1) is 11.2. The summed E-state index contributed by atoms with van der Waals surface area (Å²) in [4.78, 5) is 10.7. The molecule has 0 saturated carbocycles. The molecule has 6 heteroatoms. The number of carboxylic acids is 1. The van der Waals surface area contributed by atoms with Gasteiger partial charge in [0.2, 0.25) is 0 Å². The molecule has 1 heterocycles. The zero-order chi connectivity index (χ0) is 11.7. The van der Waals surface area contributed by atoms with Crippen LogP contribution in [-0.2, 0) is 4.79 Å². The Bertz CT molecular complexity index is 406. The van der Waals surface area contributed by atoms with Crippen LogP contribution in [0.3, 0.4) is 0 Å². The molecule has 1 aliphatic rings. The second kappa shape index (κ2) is 4.31. The molecule has 0 aliphatic carbocycles. The van der Waals surface area contributed by atoms with Crippen LogP contribution in [0.1, 0.15) is 10.9 Å². The maximum absolute atomic E-state index is 13.0. The first-order chi connectivity index (χ1) is 7.56. The summed E-state index contributed by atoms with van der Waals surface area (Å²) in [7, 11) is 0. The van der Waals surface area contributed by atoms with Crippen LogP contribution in [0, 0.1) is 5.82 Å². The third-order valence-corrected chi connectivity index (χ3v) is 3.56. The molecule has 2 atom stereocenters. The summed E-state index contributed by atoms with van der Waals surface area (Å²) in [5.74, 6) is -1.18. The molecule has 2 rings (SSSR count). The standard InChI is InChI=1S/C10H10FNO3S/c11-6-1-5(2-7(13)3-6)9-12-8(4-16-9)10(14)15/h1-3,8-9,12-13H,4H2,(H,14,15). The number of phenols is 1. The molecule has 1 aliphatic heterocycles. The smallest absolute Gasteiger partial charge is 0.321 e. The third-order valence-electron chi connectivity index (χ3n) is 2.29. The Hall–Kier alpha value is -1.27. The summed E-state index contributed by atoms with van der Waals surface area (Å²) in [6, 6.07) is 3.10. The van der Waals surface area contributed by atoms with E-state index in [-0.39, 0.29) is 11.1 Å². The van der Waals surface area contributed by atoms with E-state index in [0.717, 1.165) is 6.07 Å². The predicted octanol–water partition coefficient (Wildman–Crippen LogP) is 1.32. The molecule has 1 aromatic carbocycles. The van der Waals surface area contributed by atoms with Gasteiger partial charge in [-0.3, -0.25) is 10.1 Å². The van der Waals surface area contributed by atoms with Crippen LogP contribution in [-0.4, -0.2) is 28.0 Å². The van der Waals surface area contributed by atoms with E-state index >= 15 is 0 Å². The van der Waals surface area contributed by atoms with Crippen LogP contribution in [0.15, 0.2) is 18.2 Å². The summed E-state index contributed by atoms with van der Waals surface area (Å²) in [6.45, 7) is 0. The number of rotatable bonds is 2. The van der Waals surface area contributed by atoms with Crippen molar-refractivity contribution in [1.82, 2.24) is 5.32 Å². The van der Waals surface area contributed by atoms with Gasteiger partial charge < -0.3 is 10.2 Å². The Balaban J connectivity index is 2.17. The molecule has 1 aromatic rings. The quantitative estimate of drug-likeness (QED) is 0.731. The number of phenolic OH excluding ortho intramolecular Hbond substituents is 1. The van der Waals surface area contributed by atoms with E-state index in [0.29, 0.717) is 11.3 Å². The van der Waals surface area contributed by atoms with Gasteiger partial charge in [0, 0.05) is 11.8 Å². The third kappa shape index (κ3) is 2.28. The lowest BCUT2D eigenvalue weighted by Gasteiger charge is -2.11. The number of hydrogen-bond donors (Lipinski definition) is 3. The molecule has 0 amide bonds. The molecule has 3 N–H and O–H groups in total. The fourth-order valence-corrected chi connectivity index (χ4v) is 2.77. The van der Waals surface area contributed by atoms with Gasteiger partial charge in [-0.25, -0.2) is 4.39 Å². The van der Waals surface area contributed by atoms with Gasteiger partial charge in [0.25, 0.3) is 0 Å². The molecule has 0 aromatic heterocycles. The summed E-state index contributed by atoms with van der Waals surface area (Å²) in [6.07, 6.45) is 0. The van der Waals surface area contributed by atoms with E-state index in [1.54, 1.807) is 0 Å². The van der Waals surface area contributed by atoms with Gasteiger partial charge in [-0.05, 0) is 17.7 Å². The molecule has 1 fully saturated rings. The van der Waals surface area contributed by atoms with Gasteiger partial charge in [-0.15, -0.1) is 11.8 Å². The van der Waals surface area contributed by atoms with Crippen molar-refractivity contribution in [2.24, 2.45) is 0 Å². The molecule has 0 spiro atoms. The maximum atomic E-state index is 13.0. The monoisotopic (exact) mass is 243 g/mol. The Labute approximate surface area is 95.5 Å². The molecule has 2 unspecified atom stereocenters. The highest BCUT2D eigenvalue weighted by atomic mass is 32.2. The number of hydrogen-bond acceptors (Lipinski definition) is 4. The van der Waals surface area contributed by atoms with Crippen molar-refractivity contribution in [2.75, 3.05) is 5.75 Å². The predicted molar refractivity (Wildman–Crippen MR) is 57.8 cm³/mol. The number of nitrogens with one attached hydrogen (secondary N) is 1. The number of aromatic hydroxyl groups is 1. The topological polar surface area (TPSA) is 69.6 Å². The SMILES string of the molecule is O=C(O)C1CSC(c2cc(O)cc(F)c2)N1. The van der Waals surface area contributed by atoms with Crippen molar-refractivity contribution in [1.29, 1.82) is 0 Å². The average molecular weight is 243 g/mol. The van der Waals surface area contributed by atoms with Crippen LogP contribution >= 0.6 is 11.8 Å². The number of carboxylic acid groups (broad SMARTS) is 1. The molecule has 86 valence electrons. The van der Waals surface area contributed by atoms with Crippen LogP contribution in [0.2, 0.25) is 0 Å². The highest BCUT2D eigenvalue weighted by molar-refractivity contribution is 7.99. The van der Waals surface area contributed by atoms with Crippen molar-refractivity contribution in [3.05, 3.63) is 29.6 Å². The minimum atomic E-state index is -0.921. The number of thioether (sulfide) groups is 1. The van der Waals surface area contributed by atoms with Gasteiger partial charge in [0.05, 0.1) is 5.37 Å². The number of benzene rings is 1. The molecular weight excluding hydrogens is 233 g/mol. The zero-order valence-electron chi connectivity index (χ0n) is 8.18. The lowest BCUT2D eigenvalue weighted by molar-refractivity contribution is -0.138. The lowest BCUT2D eigenvalue weighted by atomic mass is 10.2. The van der Waals surface area contributed by atoms with Gasteiger partial charge in [-0.2, -0.15) is 0 Å². The van der Waals surface area contributed by atoms with Crippen molar-refractivity contribution < 1.29 is 19.4 Å². The van der Waals surface area contributed by atoms with E-state index in [1.807, 2.05) is 0 Å². The molecule has 16 heavy (non-hydrogen) atoms. The van der Waals surface area contributed by atoms with Crippen LogP contribution in [0.25, 0.3) is 0 Å². The minimum Gasteiger partial charge on any atom is -0.508 e. The van der Waals surface area contributed by atoms with Crippen molar-refractivity contribution >= 4 is 17.7 Å². The maximum Gasteiger partial charge on any atom is 0.321 e.